The number of aromatic nitrogens is 2. The molecule has 0 fully saturated rings. The quantitative estimate of drug-likeness (QED) is 0.788. The van der Waals surface area contributed by atoms with Gasteiger partial charge in [0, 0.05) is 24.0 Å². The van der Waals surface area contributed by atoms with Crippen LogP contribution in [0, 0.1) is 6.92 Å². The Balaban J connectivity index is 2.20. The molecule has 0 amide bonds. The molecule has 0 bridgehead atoms. The lowest BCUT2D eigenvalue weighted by molar-refractivity contribution is 0.691. The predicted octanol–water partition coefficient (Wildman–Crippen LogP) is 3.25. The third-order valence-corrected chi connectivity index (χ3v) is 3.65. The molecule has 1 aromatic carbocycles. The number of hydrogen-bond donors (Lipinski definition) is 1. The molecule has 0 aliphatic rings. The molecular weight excluding hydrogens is 246 g/mol. The molecule has 2 heterocycles. The van der Waals surface area contributed by atoms with Crippen LogP contribution < -0.4 is 5.32 Å². The van der Waals surface area contributed by atoms with E-state index in [2.05, 4.69) is 46.5 Å². The van der Waals surface area contributed by atoms with Crippen LogP contribution in [-0.4, -0.2) is 17.0 Å². The van der Waals surface area contributed by atoms with Gasteiger partial charge in [0.25, 0.3) is 0 Å². The van der Waals surface area contributed by atoms with E-state index in [-0.39, 0.29) is 6.04 Å². The highest BCUT2D eigenvalue weighted by molar-refractivity contribution is 5.83. The Kier molecular flexibility index (Phi) is 3.44. The molecular formula is C17H17N3. The van der Waals surface area contributed by atoms with Crippen LogP contribution in [0.2, 0.25) is 0 Å². The van der Waals surface area contributed by atoms with Crippen LogP contribution in [0.25, 0.3) is 10.9 Å². The highest BCUT2D eigenvalue weighted by Gasteiger charge is 2.16. The van der Waals surface area contributed by atoms with E-state index in [1.165, 1.54) is 22.1 Å². The number of nitrogens with one attached hydrogen (secondary N) is 1. The maximum atomic E-state index is 4.43. The first-order chi connectivity index (χ1) is 9.81. The minimum atomic E-state index is 0.144. The fourth-order valence-corrected chi connectivity index (χ4v) is 2.67. The van der Waals surface area contributed by atoms with Crippen molar-refractivity contribution in [2.24, 2.45) is 0 Å². The van der Waals surface area contributed by atoms with Crippen molar-refractivity contribution >= 4 is 10.9 Å². The molecule has 2 aromatic heterocycles. The minimum Gasteiger partial charge on any atom is -0.309 e. The van der Waals surface area contributed by atoms with Crippen LogP contribution in [0.15, 0.2) is 55.0 Å². The van der Waals surface area contributed by atoms with E-state index in [1.54, 1.807) is 0 Å². The zero-order chi connectivity index (χ0) is 13.9. The van der Waals surface area contributed by atoms with Gasteiger partial charge in [0.1, 0.15) is 0 Å². The van der Waals surface area contributed by atoms with Crippen LogP contribution in [-0.2, 0) is 0 Å². The lowest BCUT2D eigenvalue weighted by Crippen LogP contribution is -2.19. The van der Waals surface area contributed by atoms with E-state index in [9.17, 15) is 0 Å². The summed E-state index contributed by atoms with van der Waals surface area (Å²) in [6.07, 6.45) is 5.58. The van der Waals surface area contributed by atoms with E-state index < -0.39 is 0 Å². The number of hydrogen-bond acceptors (Lipinski definition) is 3. The topological polar surface area (TPSA) is 37.8 Å². The largest absolute Gasteiger partial charge is 0.309 e. The Hall–Kier alpha value is -2.26. The second kappa shape index (κ2) is 5.39. The molecule has 0 spiro atoms. The number of aryl methyl sites for hydroxylation is 1. The first-order valence-electron chi connectivity index (χ1n) is 6.72. The smallest absolute Gasteiger partial charge is 0.0705 e. The molecule has 3 rings (SSSR count). The van der Waals surface area contributed by atoms with Crippen molar-refractivity contribution in [1.82, 2.24) is 15.3 Å². The van der Waals surface area contributed by atoms with Gasteiger partial charge in [-0.25, -0.2) is 0 Å². The summed E-state index contributed by atoms with van der Waals surface area (Å²) in [5.41, 5.74) is 4.70. The third-order valence-electron chi connectivity index (χ3n) is 3.65. The fourth-order valence-electron chi connectivity index (χ4n) is 2.67. The Labute approximate surface area is 118 Å². The standard InChI is InChI=1S/C17H17N3/c1-12-11-19-10-8-13(12)17(18-2)15-5-3-7-16-14(15)6-4-9-20-16/h3-11,17-18H,1-2H3. The molecule has 3 aromatic rings. The Bertz CT molecular complexity index is 732. The first-order valence-corrected chi connectivity index (χ1v) is 6.72. The molecule has 0 aliphatic carbocycles. The summed E-state index contributed by atoms with van der Waals surface area (Å²) >= 11 is 0. The number of nitrogens with zero attached hydrogens (tertiary/aromatic N) is 2. The second-order valence-electron chi connectivity index (χ2n) is 4.87. The average Bonchev–Trinajstić information content (AvgIpc) is 2.50. The second-order valence-corrected chi connectivity index (χ2v) is 4.87. The number of fused-ring (bicyclic) bond motifs is 1. The van der Waals surface area contributed by atoms with Gasteiger partial charge in [0.05, 0.1) is 11.6 Å². The van der Waals surface area contributed by atoms with Crippen molar-refractivity contribution in [2.45, 2.75) is 13.0 Å². The lowest BCUT2D eigenvalue weighted by atomic mass is 9.93. The summed E-state index contributed by atoms with van der Waals surface area (Å²) < 4.78 is 0. The van der Waals surface area contributed by atoms with Crippen molar-refractivity contribution in [3.8, 4) is 0 Å². The summed E-state index contributed by atoms with van der Waals surface area (Å²) in [7, 11) is 1.99. The molecule has 3 nitrogen and oxygen atoms in total. The van der Waals surface area contributed by atoms with Crippen LogP contribution in [0.1, 0.15) is 22.7 Å². The van der Waals surface area contributed by atoms with E-state index >= 15 is 0 Å². The SMILES string of the molecule is CNC(c1ccncc1C)c1cccc2ncccc12. The highest BCUT2D eigenvalue weighted by atomic mass is 14.9. The Morgan fingerprint density at radius 1 is 1.00 bits per heavy atom. The van der Waals surface area contributed by atoms with Gasteiger partial charge >= 0.3 is 0 Å². The molecule has 0 saturated heterocycles. The van der Waals surface area contributed by atoms with Crippen molar-refractivity contribution in [1.29, 1.82) is 0 Å². The van der Waals surface area contributed by atoms with Crippen molar-refractivity contribution in [3.05, 3.63) is 71.7 Å². The predicted molar refractivity (Wildman–Crippen MR) is 81.6 cm³/mol. The monoisotopic (exact) mass is 263 g/mol. The Morgan fingerprint density at radius 2 is 1.90 bits per heavy atom. The number of rotatable bonds is 3. The van der Waals surface area contributed by atoms with Crippen molar-refractivity contribution in [2.75, 3.05) is 7.05 Å². The van der Waals surface area contributed by atoms with Gasteiger partial charge in [0.2, 0.25) is 0 Å². The van der Waals surface area contributed by atoms with Crippen molar-refractivity contribution < 1.29 is 0 Å². The van der Waals surface area contributed by atoms with Gasteiger partial charge in [-0.15, -0.1) is 0 Å². The molecule has 1 atom stereocenters. The fraction of sp³-hybridized carbons (Fsp3) is 0.176. The summed E-state index contributed by atoms with van der Waals surface area (Å²) in [4.78, 5) is 8.61. The minimum absolute atomic E-state index is 0.144. The molecule has 20 heavy (non-hydrogen) atoms. The van der Waals surface area contributed by atoms with Crippen LogP contribution in [0.5, 0.6) is 0 Å². The zero-order valence-electron chi connectivity index (χ0n) is 11.7. The molecule has 0 radical (unpaired) electrons. The number of benzene rings is 1. The highest BCUT2D eigenvalue weighted by Crippen LogP contribution is 2.29. The van der Waals surface area contributed by atoms with Crippen LogP contribution in [0.3, 0.4) is 0 Å². The molecule has 1 N–H and O–H groups in total. The van der Waals surface area contributed by atoms with Gasteiger partial charge in [-0.3, -0.25) is 9.97 Å². The van der Waals surface area contributed by atoms with E-state index in [4.69, 9.17) is 0 Å². The molecule has 0 aliphatic heterocycles. The van der Waals surface area contributed by atoms with Crippen LogP contribution in [0.4, 0.5) is 0 Å². The molecule has 100 valence electrons. The molecule has 0 saturated carbocycles. The van der Waals surface area contributed by atoms with Crippen LogP contribution >= 0.6 is 0 Å². The summed E-state index contributed by atoms with van der Waals surface area (Å²) in [6.45, 7) is 2.09. The summed E-state index contributed by atoms with van der Waals surface area (Å²) in [6, 6.07) is 12.6. The zero-order valence-corrected chi connectivity index (χ0v) is 11.7. The van der Waals surface area contributed by atoms with Crippen molar-refractivity contribution in [3.63, 3.8) is 0 Å². The average molecular weight is 263 g/mol. The van der Waals surface area contributed by atoms with Gasteiger partial charge < -0.3 is 5.32 Å². The van der Waals surface area contributed by atoms with Gasteiger partial charge in [-0.05, 0) is 48.9 Å². The third kappa shape index (κ3) is 2.17. The van der Waals surface area contributed by atoms with E-state index in [0.29, 0.717) is 0 Å². The molecule has 3 heteroatoms. The normalized spacial score (nSPS) is 12.5. The lowest BCUT2D eigenvalue weighted by Gasteiger charge is -2.20. The maximum Gasteiger partial charge on any atom is 0.0705 e. The van der Waals surface area contributed by atoms with Gasteiger partial charge in [-0.1, -0.05) is 18.2 Å². The summed E-state index contributed by atoms with van der Waals surface area (Å²) in [5.74, 6) is 0. The Morgan fingerprint density at radius 3 is 2.70 bits per heavy atom. The summed E-state index contributed by atoms with van der Waals surface area (Å²) in [5, 5.41) is 4.60. The number of pyridine rings is 2. The first kappa shape index (κ1) is 12.8. The molecule has 1 unspecified atom stereocenters. The van der Waals surface area contributed by atoms with E-state index in [1.807, 2.05) is 37.8 Å². The van der Waals surface area contributed by atoms with Gasteiger partial charge in [-0.2, -0.15) is 0 Å². The maximum absolute atomic E-state index is 4.43. The van der Waals surface area contributed by atoms with Gasteiger partial charge in [0.15, 0.2) is 0 Å². The van der Waals surface area contributed by atoms with E-state index in [0.717, 1.165) is 5.52 Å².